The average Bonchev–Trinajstić information content (AvgIpc) is 2.97. The number of guanidine groups is 1. The van der Waals surface area contributed by atoms with Gasteiger partial charge >= 0.3 is 0 Å². The number of hydrogen-bond donors (Lipinski definition) is 1. The Kier molecular flexibility index (Phi) is 7.06. The molecule has 142 valence electrons. The van der Waals surface area contributed by atoms with Gasteiger partial charge in [-0.1, -0.05) is 32.0 Å². The van der Waals surface area contributed by atoms with E-state index in [9.17, 15) is 0 Å². The standard InChI is InChI=1S/C20H31N5O/c1-7-17-16(18(8-2)25(5)23-17)13-22-20(21-3)24(4)14-15-11-9-10-12-19(15)26-6/h9-12H,7-8,13-14H2,1-6H3,(H,21,22). The maximum Gasteiger partial charge on any atom is 0.193 e. The van der Waals surface area contributed by atoms with Crippen LogP contribution in [0.15, 0.2) is 29.3 Å². The summed E-state index contributed by atoms with van der Waals surface area (Å²) in [6.07, 6.45) is 1.90. The molecule has 1 aromatic carbocycles. The van der Waals surface area contributed by atoms with E-state index < -0.39 is 0 Å². The third-order valence-corrected chi connectivity index (χ3v) is 4.62. The van der Waals surface area contributed by atoms with E-state index in [1.54, 1.807) is 7.11 Å². The van der Waals surface area contributed by atoms with E-state index in [0.717, 1.165) is 48.9 Å². The Hall–Kier alpha value is -2.50. The predicted octanol–water partition coefficient (Wildman–Crippen LogP) is 2.76. The maximum atomic E-state index is 5.45. The first-order valence-electron chi connectivity index (χ1n) is 9.12. The van der Waals surface area contributed by atoms with Crippen molar-refractivity contribution in [2.24, 2.45) is 12.0 Å². The molecular weight excluding hydrogens is 326 g/mol. The van der Waals surface area contributed by atoms with Gasteiger partial charge in [0.15, 0.2) is 5.96 Å². The molecule has 0 amide bonds. The minimum atomic E-state index is 0.720. The van der Waals surface area contributed by atoms with Crippen LogP contribution in [0.5, 0.6) is 5.75 Å². The zero-order valence-electron chi connectivity index (χ0n) is 16.8. The first kappa shape index (κ1) is 19.8. The summed E-state index contributed by atoms with van der Waals surface area (Å²) in [7, 11) is 7.56. The van der Waals surface area contributed by atoms with Gasteiger partial charge in [0.2, 0.25) is 0 Å². The Morgan fingerprint density at radius 2 is 2.00 bits per heavy atom. The van der Waals surface area contributed by atoms with E-state index in [1.165, 1.54) is 11.3 Å². The molecule has 1 heterocycles. The van der Waals surface area contributed by atoms with Crippen LogP contribution in [0.25, 0.3) is 0 Å². The average molecular weight is 358 g/mol. The van der Waals surface area contributed by atoms with Crippen LogP contribution < -0.4 is 10.1 Å². The van der Waals surface area contributed by atoms with Crippen molar-refractivity contribution in [3.63, 3.8) is 0 Å². The number of benzene rings is 1. The third kappa shape index (κ3) is 4.36. The summed E-state index contributed by atoms with van der Waals surface area (Å²) in [5.74, 6) is 1.74. The van der Waals surface area contributed by atoms with E-state index in [2.05, 4.69) is 40.2 Å². The van der Waals surface area contributed by atoms with Gasteiger partial charge in [-0.25, -0.2) is 0 Å². The molecule has 0 bridgehead atoms. The molecule has 0 aliphatic rings. The fourth-order valence-corrected chi connectivity index (χ4v) is 3.31. The summed E-state index contributed by atoms with van der Waals surface area (Å²) < 4.78 is 7.45. The summed E-state index contributed by atoms with van der Waals surface area (Å²) in [4.78, 5) is 6.54. The van der Waals surface area contributed by atoms with Crippen LogP contribution in [0.1, 0.15) is 36.4 Å². The SMILES string of the molecule is CCc1nn(C)c(CC)c1CNC(=NC)N(C)Cc1ccccc1OC. The topological polar surface area (TPSA) is 54.7 Å². The Morgan fingerprint density at radius 3 is 2.62 bits per heavy atom. The Balaban J connectivity index is 2.10. The first-order valence-corrected chi connectivity index (χ1v) is 9.12. The van der Waals surface area contributed by atoms with Crippen LogP contribution >= 0.6 is 0 Å². The van der Waals surface area contributed by atoms with E-state index in [1.807, 2.05) is 44.0 Å². The van der Waals surface area contributed by atoms with Gasteiger partial charge in [0.05, 0.1) is 12.8 Å². The lowest BCUT2D eigenvalue weighted by molar-refractivity contribution is 0.396. The second-order valence-electron chi connectivity index (χ2n) is 6.27. The molecular formula is C20H31N5O. The molecule has 2 aromatic rings. The number of para-hydroxylation sites is 1. The van der Waals surface area contributed by atoms with Gasteiger partial charge in [-0.15, -0.1) is 0 Å². The van der Waals surface area contributed by atoms with Gasteiger partial charge in [-0.3, -0.25) is 9.67 Å². The zero-order valence-corrected chi connectivity index (χ0v) is 16.8. The number of methoxy groups -OCH3 is 1. The van der Waals surface area contributed by atoms with Gasteiger partial charge in [-0.2, -0.15) is 5.10 Å². The number of rotatable bonds is 7. The second kappa shape index (κ2) is 9.27. The highest BCUT2D eigenvalue weighted by Crippen LogP contribution is 2.19. The molecule has 0 aliphatic carbocycles. The molecule has 0 unspecified atom stereocenters. The molecule has 6 heteroatoms. The Morgan fingerprint density at radius 1 is 1.27 bits per heavy atom. The van der Waals surface area contributed by atoms with Crippen molar-refractivity contribution in [3.8, 4) is 5.75 Å². The van der Waals surface area contributed by atoms with Gasteiger partial charge in [0.1, 0.15) is 5.75 Å². The molecule has 0 fully saturated rings. The largest absolute Gasteiger partial charge is 0.496 e. The van der Waals surface area contributed by atoms with Crippen molar-refractivity contribution in [1.82, 2.24) is 20.0 Å². The molecule has 0 radical (unpaired) electrons. The fraction of sp³-hybridized carbons (Fsp3) is 0.500. The fourth-order valence-electron chi connectivity index (χ4n) is 3.31. The molecule has 0 saturated heterocycles. The second-order valence-corrected chi connectivity index (χ2v) is 6.27. The number of nitrogens with one attached hydrogen (secondary N) is 1. The van der Waals surface area contributed by atoms with Crippen LogP contribution in [0.4, 0.5) is 0 Å². The van der Waals surface area contributed by atoms with Crippen molar-refractivity contribution >= 4 is 5.96 Å². The van der Waals surface area contributed by atoms with E-state index in [-0.39, 0.29) is 0 Å². The van der Waals surface area contributed by atoms with E-state index in [4.69, 9.17) is 4.74 Å². The minimum Gasteiger partial charge on any atom is -0.496 e. The lowest BCUT2D eigenvalue weighted by Gasteiger charge is -2.23. The molecule has 1 aromatic heterocycles. The smallest absolute Gasteiger partial charge is 0.193 e. The minimum absolute atomic E-state index is 0.720. The molecule has 0 spiro atoms. The molecule has 0 aliphatic heterocycles. The summed E-state index contributed by atoms with van der Waals surface area (Å²) in [6.45, 7) is 5.76. The van der Waals surface area contributed by atoms with Crippen molar-refractivity contribution in [2.45, 2.75) is 39.8 Å². The number of nitrogens with zero attached hydrogens (tertiary/aromatic N) is 4. The normalized spacial score (nSPS) is 11.5. The predicted molar refractivity (Wildman–Crippen MR) is 107 cm³/mol. The van der Waals surface area contributed by atoms with Gasteiger partial charge in [0.25, 0.3) is 0 Å². The number of ether oxygens (including phenoxy) is 1. The summed E-state index contributed by atoms with van der Waals surface area (Å²) in [5.41, 5.74) is 4.84. The number of aryl methyl sites for hydroxylation is 2. The highest BCUT2D eigenvalue weighted by Gasteiger charge is 2.15. The first-order chi connectivity index (χ1) is 12.5. The number of aliphatic imine (C=N–C) groups is 1. The van der Waals surface area contributed by atoms with Crippen LogP contribution in [-0.4, -0.2) is 41.8 Å². The Labute approximate surface area is 156 Å². The molecule has 2 rings (SSSR count). The van der Waals surface area contributed by atoms with Crippen molar-refractivity contribution in [3.05, 3.63) is 46.8 Å². The molecule has 0 saturated carbocycles. The quantitative estimate of drug-likeness (QED) is 0.611. The summed E-state index contributed by atoms with van der Waals surface area (Å²) >= 11 is 0. The lowest BCUT2D eigenvalue weighted by atomic mass is 10.1. The van der Waals surface area contributed by atoms with Crippen molar-refractivity contribution in [2.75, 3.05) is 21.2 Å². The number of hydrogen-bond acceptors (Lipinski definition) is 3. The van der Waals surface area contributed by atoms with Crippen molar-refractivity contribution < 1.29 is 4.74 Å². The lowest BCUT2D eigenvalue weighted by Crippen LogP contribution is -2.38. The molecule has 1 N–H and O–H groups in total. The molecule has 6 nitrogen and oxygen atoms in total. The van der Waals surface area contributed by atoms with Crippen molar-refractivity contribution in [1.29, 1.82) is 0 Å². The van der Waals surface area contributed by atoms with Crippen LogP contribution in [0.3, 0.4) is 0 Å². The zero-order chi connectivity index (χ0) is 19.1. The van der Waals surface area contributed by atoms with Gasteiger partial charge < -0.3 is 15.0 Å². The molecule has 26 heavy (non-hydrogen) atoms. The van der Waals surface area contributed by atoms with E-state index >= 15 is 0 Å². The summed E-state index contributed by atoms with van der Waals surface area (Å²) in [6, 6.07) is 8.07. The van der Waals surface area contributed by atoms with Crippen LogP contribution in [0.2, 0.25) is 0 Å². The van der Waals surface area contributed by atoms with E-state index in [0.29, 0.717) is 0 Å². The van der Waals surface area contributed by atoms with Crippen LogP contribution in [0, 0.1) is 0 Å². The van der Waals surface area contributed by atoms with Crippen LogP contribution in [-0.2, 0) is 33.0 Å². The summed E-state index contributed by atoms with van der Waals surface area (Å²) in [5, 5.41) is 8.13. The highest BCUT2D eigenvalue weighted by molar-refractivity contribution is 5.79. The third-order valence-electron chi connectivity index (χ3n) is 4.62. The molecule has 0 atom stereocenters. The number of aromatic nitrogens is 2. The highest BCUT2D eigenvalue weighted by atomic mass is 16.5. The van der Waals surface area contributed by atoms with Gasteiger partial charge in [0, 0.05) is 51.1 Å². The monoisotopic (exact) mass is 357 g/mol. The maximum absolute atomic E-state index is 5.45. The van der Waals surface area contributed by atoms with Gasteiger partial charge in [-0.05, 0) is 18.9 Å². The Bertz CT molecular complexity index is 751.